The van der Waals surface area contributed by atoms with Crippen molar-refractivity contribution < 1.29 is 5.11 Å². The van der Waals surface area contributed by atoms with E-state index in [-0.39, 0.29) is 17.9 Å². The van der Waals surface area contributed by atoms with Gasteiger partial charge in [0.05, 0.1) is 6.61 Å². The van der Waals surface area contributed by atoms with Gasteiger partial charge in [-0.15, -0.1) is 0 Å². The molecule has 0 saturated heterocycles. The monoisotopic (exact) mass is 564 g/mol. The maximum atomic E-state index is 14.0. The summed E-state index contributed by atoms with van der Waals surface area (Å²) in [7, 11) is 0. The number of aryl methyl sites for hydroxylation is 2. The van der Waals surface area contributed by atoms with Gasteiger partial charge in [-0.3, -0.25) is 18.8 Å². The first-order valence-corrected chi connectivity index (χ1v) is 15.3. The number of fused-ring (bicyclic) bond motifs is 1. The number of thioether (sulfide) groups is 1. The number of hydrogen-bond donors (Lipinski definition) is 2. The van der Waals surface area contributed by atoms with Gasteiger partial charge in [0, 0.05) is 44.8 Å². The molecule has 0 aliphatic rings. The van der Waals surface area contributed by atoms with Gasteiger partial charge in [0.15, 0.2) is 11.2 Å². The summed E-state index contributed by atoms with van der Waals surface area (Å²) in [5, 5.41) is 9.50. The Hall–Kier alpha value is -3.34. The number of aromatic nitrogens is 4. The van der Waals surface area contributed by atoms with E-state index in [0.717, 1.165) is 35.7 Å². The van der Waals surface area contributed by atoms with Gasteiger partial charge >= 0.3 is 5.69 Å². The second kappa shape index (κ2) is 14.3. The van der Waals surface area contributed by atoms with Gasteiger partial charge in [-0.2, -0.15) is 11.8 Å². The summed E-state index contributed by atoms with van der Waals surface area (Å²) in [6.45, 7) is 5.39. The molecular formula is C30H40N6O3S. The minimum atomic E-state index is -0.325. The third-order valence-electron chi connectivity index (χ3n) is 7.21. The lowest BCUT2D eigenvalue weighted by Crippen LogP contribution is -2.41. The van der Waals surface area contributed by atoms with Gasteiger partial charge in [0.1, 0.15) is 5.82 Å². The lowest BCUT2D eigenvalue weighted by atomic mass is 10.1. The van der Waals surface area contributed by atoms with Gasteiger partial charge in [-0.25, -0.2) is 9.78 Å². The van der Waals surface area contributed by atoms with Crippen LogP contribution in [0.5, 0.6) is 0 Å². The largest absolute Gasteiger partial charge is 0.399 e. The van der Waals surface area contributed by atoms with Gasteiger partial charge < -0.3 is 15.4 Å². The predicted octanol–water partition coefficient (Wildman–Crippen LogP) is 2.84. The first-order valence-electron chi connectivity index (χ1n) is 13.9. The molecule has 0 saturated carbocycles. The van der Waals surface area contributed by atoms with Crippen molar-refractivity contribution >= 4 is 28.6 Å². The van der Waals surface area contributed by atoms with Crippen LogP contribution >= 0.6 is 11.8 Å². The molecule has 2 aromatic heterocycles. The highest BCUT2D eigenvalue weighted by Gasteiger charge is 2.22. The zero-order chi connectivity index (χ0) is 28.5. The van der Waals surface area contributed by atoms with E-state index in [9.17, 15) is 14.7 Å². The quantitative estimate of drug-likeness (QED) is 0.169. The van der Waals surface area contributed by atoms with E-state index in [4.69, 9.17) is 10.7 Å². The van der Waals surface area contributed by atoms with Crippen molar-refractivity contribution in [2.45, 2.75) is 45.8 Å². The number of nitrogens with two attached hydrogens (primary N) is 1. The summed E-state index contributed by atoms with van der Waals surface area (Å²) in [5.74, 6) is 1.61. The fourth-order valence-electron chi connectivity index (χ4n) is 5.06. The van der Waals surface area contributed by atoms with Crippen LogP contribution in [0.25, 0.3) is 11.2 Å². The number of hydrogen-bond acceptors (Lipinski definition) is 7. The smallest absolute Gasteiger partial charge is 0.332 e. The van der Waals surface area contributed by atoms with Crippen LogP contribution in [0.1, 0.15) is 30.3 Å². The highest BCUT2D eigenvalue weighted by atomic mass is 32.2. The lowest BCUT2D eigenvalue weighted by Gasteiger charge is -2.20. The van der Waals surface area contributed by atoms with Crippen LogP contribution in [0.4, 0.5) is 5.69 Å². The summed E-state index contributed by atoms with van der Waals surface area (Å²) in [4.78, 5) is 34.8. The zero-order valence-corrected chi connectivity index (χ0v) is 24.3. The van der Waals surface area contributed by atoms with Crippen molar-refractivity contribution in [1.29, 1.82) is 0 Å². The van der Waals surface area contributed by atoms with Crippen LogP contribution in [0, 0.1) is 0 Å². The number of rotatable bonds is 15. The number of aliphatic hydroxyl groups excluding tert-OH is 1. The average molecular weight is 565 g/mol. The molecule has 0 amide bonds. The first kappa shape index (κ1) is 29.6. The molecule has 0 radical (unpaired) electrons. The van der Waals surface area contributed by atoms with Crippen LogP contribution in [0.15, 0.2) is 64.2 Å². The third kappa shape index (κ3) is 7.04. The fourth-order valence-corrected chi connectivity index (χ4v) is 5.47. The van der Waals surface area contributed by atoms with Crippen molar-refractivity contribution in [1.82, 2.24) is 23.6 Å². The Morgan fingerprint density at radius 2 is 1.73 bits per heavy atom. The number of nitrogen functional groups attached to an aromatic ring is 1. The van der Waals surface area contributed by atoms with Crippen LogP contribution in [0.2, 0.25) is 0 Å². The Morgan fingerprint density at radius 1 is 0.950 bits per heavy atom. The minimum absolute atomic E-state index is 0.0706. The first-order chi connectivity index (χ1) is 19.5. The summed E-state index contributed by atoms with van der Waals surface area (Å²) in [6, 6.07) is 17.7. The number of nitrogens with zero attached hydrogens (tertiary/aromatic N) is 5. The number of benzene rings is 2. The van der Waals surface area contributed by atoms with Gasteiger partial charge in [0.25, 0.3) is 5.56 Å². The third-order valence-corrected chi connectivity index (χ3v) is 7.90. The number of anilines is 1. The zero-order valence-electron chi connectivity index (χ0n) is 23.5. The molecule has 4 rings (SSSR count). The van der Waals surface area contributed by atoms with E-state index in [1.54, 1.807) is 16.3 Å². The number of imidazole rings is 1. The predicted molar refractivity (Wildman–Crippen MR) is 164 cm³/mol. The molecule has 2 aromatic carbocycles. The molecule has 0 bridgehead atoms. The molecule has 0 spiro atoms. The molecule has 214 valence electrons. The molecule has 40 heavy (non-hydrogen) atoms. The van der Waals surface area contributed by atoms with E-state index in [2.05, 4.69) is 11.8 Å². The Morgan fingerprint density at radius 3 is 2.42 bits per heavy atom. The van der Waals surface area contributed by atoms with Crippen molar-refractivity contribution in [2.24, 2.45) is 0 Å². The van der Waals surface area contributed by atoms with Crippen LogP contribution in [0.3, 0.4) is 0 Å². The van der Waals surface area contributed by atoms with E-state index in [0.29, 0.717) is 62.4 Å². The van der Waals surface area contributed by atoms with Crippen molar-refractivity contribution in [2.75, 3.05) is 44.0 Å². The Balaban J connectivity index is 1.86. The van der Waals surface area contributed by atoms with E-state index in [1.165, 1.54) is 4.57 Å². The molecule has 0 aliphatic carbocycles. The van der Waals surface area contributed by atoms with Crippen LogP contribution in [-0.2, 0) is 32.5 Å². The van der Waals surface area contributed by atoms with Crippen LogP contribution in [-0.4, -0.2) is 66.9 Å². The van der Waals surface area contributed by atoms with E-state index >= 15 is 0 Å². The Bertz CT molecular complexity index is 1510. The molecule has 10 heteroatoms. The number of aliphatic hydroxyl groups is 1. The topological polar surface area (TPSA) is 111 Å². The SMILES string of the molecule is CCN(CCO)CCn1c(Cc2ccccc2)nc2c1c(=O)n(CCCSC)c(=O)n2CCc1cccc(N)c1. The van der Waals surface area contributed by atoms with Crippen molar-refractivity contribution in [3.05, 3.63) is 92.4 Å². The molecular weight excluding hydrogens is 524 g/mol. The van der Waals surface area contributed by atoms with E-state index < -0.39 is 0 Å². The normalized spacial score (nSPS) is 11.6. The molecule has 4 aromatic rings. The molecule has 0 fully saturated rings. The Kier molecular flexibility index (Phi) is 10.6. The summed E-state index contributed by atoms with van der Waals surface area (Å²) in [6.07, 6.45) is 3.87. The maximum Gasteiger partial charge on any atom is 0.332 e. The molecule has 2 heterocycles. The summed E-state index contributed by atoms with van der Waals surface area (Å²) >= 11 is 1.70. The molecule has 0 aliphatic heterocycles. The van der Waals surface area contributed by atoms with Gasteiger partial charge in [-0.1, -0.05) is 49.4 Å². The minimum Gasteiger partial charge on any atom is -0.399 e. The van der Waals surface area contributed by atoms with Crippen LogP contribution < -0.4 is 17.0 Å². The lowest BCUT2D eigenvalue weighted by molar-refractivity contribution is 0.197. The van der Waals surface area contributed by atoms with Gasteiger partial charge in [-0.05, 0) is 54.7 Å². The second-order valence-electron chi connectivity index (χ2n) is 9.90. The Labute approximate surface area is 239 Å². The van der Waals surface area contributed by atoms with E-state index in [1.807, 2.05) is 65.4 Å². The molecule has 0 atom stereocenters. The summed E-state index contributed by atoms with van der Waals surface area (Å²) < 4.78 is 5.04. The summed E-state index contributed by atoms with van der Waals surface area (Å²) in [5.41, 5.74) is 9.04. The fraction of sp³-hybridized carbons (Fsp3) is 0.433. The maximum absolute atomic E-state index is 14.0. The molecule has 3 N–H and O–H groups in total. The van der Waals surface area contributed by atoms with Crippen molar-refractivity contribution in [3.8, 4) is 0 Å². The second-order valence-corrected chi connectivity index (χ2v) is 10.9. The highest BCUT2D eigenvalue weighted by Crippen LogP contribution is 2.17. The highest BCUT2D eigenvalue weighted by molar-refractivity contribution is 7.98. The number of likely N-dealkylation sites (N-methyl/N-ethyl adjacent to an activating group) is 1. The standard InChI is InChI=1S/C30H40N6O3S/c1-3-33(18-19-37)16-17-34-26(22-23-9-5-4-6-10-23)32-28-27(34)29(38)36(14-8-20-40-2)30(39)35(28)15-13-24-11-7-12-25(31)21-24/h4-7,9-12,21,37H,3,8,13-20,22,31H2,1-2H3. The average Bonchev–Trinajstić information content (AvgIpc) is 3.31. The van der Waals surface area contributed by atoms with Crippen molar-refractivity contribution in [3.63, 3.8) is 0 Å². The van der Waals surface area contributed by atoms with Gasteiger partial charge in [0.2, 0.25) is 0 Å². The molecule has 0 unspecified atom stereocenters. The molecule has 9 nitrogen and oxygen atoms in total.